The van der Waals surface area contributed by atoms with E-state index in [1.165, 1.54) is 12.8 Å². The number of hydrogen-bond acceptors (Lipinski definition) is 3. The SMILES string of the molecule is CCOc1ccccc1NC(=O)[C@@H](C)N1CCC(C)CC1. The van der Waals surface area contributed by atoms with Crippen LogP contribution in [0.5, 0.6) is 5.75 Å². The van der Waals surface area contributed by atoms with Gasteiger partial charge in [-0.3, -0.25) is 9.69 Å². The van der Waals surface area contributed by atoms with Gasteiger partial charge in [0.1, 0.15) is 5.75 Å². The van der Waals surface area contributed by atoms with Crippen LogP contribution in [0, 0.1) is 5.92 Å². The summed E-state index contributed by atoms with van der Waals surface area (Å²) in [6.07, 6.45) is 2.35. The van der Waals surface area contributed by atoms with E-state index in [2.05, 4.69) is 17.1 Å². The molecular formula is C17H26N2O2. The third-order valence-corrected chi connectivity index (χ3v) is 4.19. The number of piperidine rings is 1. The fourth-order valence-electron chi connectivity index (χ4n) is 2.67. The molecule has 4 nitrogen and oxygen atoms in total. The van der Waals surface area contributed by atoms with Crippen LogP contribution in [0.25, 0.3) is 0 Å². The summed E-state index contributed by atoms with van der Waals surface area (Å²) in [5.74, 6) is 1.54. The summed E-state index contributed by atoms with van der Waals surface area (Å²) < 4.78 is 5.55. The molecule has 0 spiro atoms. The summed E-state index contributed by atoms with van der Waals surface area (Å²) in [6, 6.07) is 7.48. The van der Waals surface area contributed by atoms with E-state index in [1.807, 2.05) is 38.1 Å². The summed E-state index contributed by atoms with van der Waals surface area (Å²) >= 11 is 0. The minimum Gasteiger partial charge on any atom is -0.492 e. The molecule has 0 radical (unpaired) electrons. The van der Waals surface area contributed by atoms with Gasteiger partial charge in [0.25, 0.3) is 0 Å². The van der Waals surface area contributed by atoms with Crippen molar-refractivity contribution in [1.82, 2.24) is 4.90 Å². The van der Waals surface area contributed by atoms with E-state index >= 15 is 0 Å². The van der Waals surface area contributed by atoms with Crippen molar-refractivity contribution in [3.8, 4) is 5.75 Å². The molecule has 1 fully saturated rings. The van der Waals surface area contributed by atoms with Crippen molar-refractivity contribution in [2.24, 2.45) is 5.92 Å². The minimum atomic E-state index is -0.104. The Balaban J connectivity index is 1.97. The first-order valence-corrected chi connectivity index (χ1v) is 7.88. The lowest BCUT2D eigenvalue weighted by molar-refractivity contribution is -0.121. The van der Waals surface area contributed by atoms with Crippen LogP contribution in [0.15, 0.2) is 24.3 Å². The van der Waals surface area contributed by atoms with Gasteiger partial charge in [-0.05, 0) is 57.8 Å². The topological polar surface area (TPSA) is 41.6 Å². The number of nitrogens with zero attached hydrogens (tertiary/aromatic N) is 1. The van der Waals surface area contributed by atoms with Crippen molar-refractivity contribution in [3.63, 3.8) is 0 Å². The standard InChI is InChI=1S/C17H26N2O2/c1-4-21-16-8-6-5-7-15(16)18-17(20)14(3)19-11-9-13(2)10-12-19/h5-8,13-14H,4,9-12H2,1-3H3,(H,18,20)/t14-/m1/s1. The summed E-state index contributed by atoms with van der Waals surface area (Å²) in [5, 5.41) is 3.00. The van der Waals surface area contributed by atoms with E-state index in [0.717, 1.165) is 30.4 Å². The highest BCUT2D eigenvalue weighted by Crippen LogP contribution is 2.24. The molecule has 1 aliphatic heterocycles. The summed E-state index contributed by atoms with van der Waals surface area (Å²) in [4.78, 5) is 14.7. The summed E-state index contributed by atoms with van der Waals surface area (Å²) in [7, 11) is 0. The molecule has 1 aromatic rings. The highest BCUT2D eigenvalue weighted by atomic mass is 16.5. The number of anilines is 1. The van der Waals surface area contributed by atoms with E-state index in [1.54, 1.807) is 0 Å². The first-order valence-electron chi connectivity index (χ1n) is 7.88. The number of hydrogen-bond donors (Lipinski definition) is 1. The molecule has 1 atom stereocenters. The molecule has 4 heteroatoms. The van der Waals surface area contributed by atoms with Gasteiger partial charge in [0, 0.05) is 0 Å². The molecule has 0 unspecified atom stereocenters. The Bertz CT molecular complexity index is 468. The maximum Gasteiger partial charge on any atom is 0.241 e. The fourth-order valence-corrected chi connectivity index (χ4v) is 2.67. The fraction of sp³-hybridized carbons (Fsp3) is 0.588. The van der Waals surface area contributed by atoms with E-state index in [0.29, 0.717) is 6.61 Å². The first-order chi connectivity index (χ1) is 10.1. The van der Waals surface area contributed by atoms with Gasteiger partial charge in [-0.2, -0.15) is 0 Å². The number of nitrogens with one attached hydrogen (secondary N) is 1. The zero-order chi connectivity index (χ0) is 15.2. The molecule has 1 aromatic carbocycles. The van der Waals surface area contributed by atoms with E-state index in [4.69, 9.17) is 4.74 Å². The van der Waals surface area contributed by atoms with Crippen molar-refractivity contribution in [1.29, 1.82) is 0 Å². The highest BCUT2D eigenvalue weighted by molar-refractivity contribution is 5.95. The van der Waals surface area contributed by atoms with Gasteiger partial charge >= 0.3 is 0 Å². The number of amides is 1. The van der Waals surface area contributed by atoms with Crippen LogP contribution in [0.1, 0.15) is 33.6 Å². The second-order valence-corrected chi connectivity index (χ2v) is 5.81. The number of para-hydroxylation sites is 2. The largest absolute Gasteiger partial charge is 0.492 e. The third kappa shape index (κ3) is 4.21. The van der Waals surface area contributed by atoms with Crippen molar-refractivity contribution in [2.75, 3.05) is 25.0 Å². The molecule has 2 rings (SSSR count). The molecule has 21 heavy (non-hydrogen) atoms. The second kappa shape index (κ2) is 7.46. The van der Waals surface area contributed by atoms with Crippen molar-refractivity contribution < 1.29 is 9.53 Å². The Morgan fingerprint density at radius 2 is 2.05 bits per heavy atom. The third-order valence-electron chi connectivity index (χ3n) is 4.19. The smallest absolute Gasteiger partial charge is 0.241 e. The average molecular weight is 290 g/mol. The number of benzene rings is 1. The van der Waals surface area contributed by atoms with Gasteiger partial charge < -0.3 is 10.1 Å². The van der Waals surface area contributed by atoms with Crippen molar-refractivity contribution >= 4 is 11.6 Å². The second-order valence-electron chi connectivity index (χ2n) is 5.81. The molecule has 1 aliphatic rings. The van der Waals surface area contributed by atoms with Crippen LogP contribution in [0.2, 0.25) is 0 Å². The summed E-state index contributed by atoms with van der Waals surface area (Å²) in [5.41, 5.74) is 0.751. The van der Waals surface area contributed by atoms with Gasteiger partial charge in [0.15, 0.2) is 0 Å². The summed E-state index contributed by atoms with van der Waals surface area (Å²) in [6.45, 7) is 8.79. The Morgan fingerprint density at radius 1 is 1.38 bits per heavy atom. The normalized spacial score (nSPS) is 18.2. The molecular weight excluding hydrogens is 264 g/mol. The number of carbonyl (C=O) groups is 1. The van der Waals surface area contributed by atoms with Crippen LogP contribution in [-0.4, -0.2) is 36.5 Å². The maximum atomic E-state index is 12.4. The monoisotopic (exact) mass is 290 g/mol. The van der Waals surface area contributed by atoms with Crippen LogP contribution < -0.4 is 10.1 Å². The lowest BCUT2D eigenvalue weighted by atomic mass is 9.98. The molecule has 0 aliphatic carbocycles. The molecule has 116 valence electrons. The first kappa shape index (κ1) is 15.8. The number of rotatable bonds is 5. The van der Waals surface area contributed by atoms with Gasteiger partial charge in [-0.15, -0.1) is 0 Å². The van der Waals surface area contributed by atoms with E-state index in [9.17, 15) is 4.79 Å². The number of carbonyl (C=O) groups excluding carboxylic acids is 1. The van der Waals surface area contributed by atoms with Crippen LogP contribution in [-0.2, 0) is 4.79 Å². The molecule has 0 bridgehead atoms. The molecule has 0 saturated carbocycles. The van der Waals surface area contributed by atoms with Gasteiger partial charge in [-0.25, -0.2) is 0 Å². The van der Waals surface area contributed by atoms with Gasteiger partial charge in [-0.1, -0.05) is 19.1 Å². The zero-order valence-electron chi connectivity index (χ0n) is 13.3. The van der Waals surface area contributed by atoms with Gasteiger partial charge in [0.05, 0.1) is 18.3 Å². The lowest BCUT2D eigenvalue weighted by Crippen LogP contribution is -2.45. The van der Waals surface area contributed by atoms with Crippen molar-refractivity contribution in [3.05, 3.63) is 24.3 Å². The zero-order valence-corrected chi connectivity index (χ0v) is 13.3. The van der Waals surface area contributed by atoms with E-state index in [-0.39, 0.29) is 11.9 Å². The molecule has 1 heterocycles. The number of likely N-dealkylation sites (tertiary alicyclic amines) is 1. The van der Waals surface area contributed by atoms with Crippen LogP contribution in [0.4, 0.5) is 5.69 Å². The van der Waals surface area contributed by atoms with Gasteiger partial charge in [0.2, 0.25) is 5.91 Å². The Morgan fingerprint density at radius 3 is 2.71 bits per heavy atom. The predicted molar refractivity (Wildman–Crippen MR) is 85.7 cm³/mol. The predicted octanol–water partition coefficient (Wildman–Crippen LogP) is 3.14. The van der Waals surface area contributed by atoms with Crippen LogP contribution >= 0.6 is 0 Å². The quantitative estimate of drug-likeness (QED) is 0.906. The van der Waals surface area contributed by atoms with Crippen LogP contribution in [0.3, 0.4) is 0 Å². The Labute approximate surface area is 127 Å². The van der Waals surface area contributed by atoms with Crippen molar-refractivity contribution in [2.45, 2.75) is 39.7 Å². The molecule has 0 aromatic heterocycles. The Kier molecular flexibility index (Phi) is 5.62. The minimum absolute atomic E-state index is 0.0386. The highest BCUT2D eigenvalue weighted by Gasteiger charge is 2.25. The molecule has 1 saturated heterocycles. The molecule has 1 N–H and O–H groups in total. The van der Waals surface area contributed by atoms with E-state index < -0.39 is 0 Å². The Hall–Kier alpha value is -1.55. The lowest BCUT2D eigenvalue weighted by Gasteiger charge is -2.34. The molecule has 1 amide bonds. The maximum absolute atomic E-state index is 12.4. The number of ether oxygens (including phenoxy) is 1. The average Bonchev–Trinajstić information content (AvgIpc) is 2.49.